The molecule has 6 heteroatoms. The summed E-state index contributed by atoms with van der Waals surface area (Å²) in [7, 11) is 1.82. The first-order valence-electron chi connectivity index (χ1n) is 6.66. The van der Waals surface area contributed by atoms with Crippen LogP contribution < -0.4 is 5.73 Å². The molecule has 5 nitrogen and oxygen atoms in total. The van der Waals surface area contributed by atoms with E-state index in [0.717, 1.165) is 5.56 Å². The Morgan fingerprint density at radius 1 is 1.40 bits per heavy atom. The Morgan fingerprint density at radius 2 is 2.15 bits per heavy atom. The molecule has 2 rings (SSSR count). The molecule has 112 valence electrons. The van der Waals surface area contributed by atoms with Crippen LogP contribution in [0, 0.1) is 5.82 Å². The third kappa shape index (κ3) is 3.16. The first-order chi connectivity index (χ1) is 9.56. The summed E-state index contributed by atoms with van der Waals surface area (Å²) in [5, 5.41) is 19.4. The topological polar surface area (TPSA) is 79.0 Å². The van der Waals surface area contributed by atoms with Crippen LogP contribution in [0.15, 0.2) is 24.3 Å². The Kier molecular flexibility index (Phi) is 5.06. The van der Waals surface area contributed by atoms with Crippen LogP contribution in [0.3, 0.4) is 0 Å². The Balaban J connectivity index is 2.09. The highest BCUT2D eigenvalue weighted by Gasteiger charge is 2.44. The van der Waals surface area contributed by atoms with Gasteiger partial charge >= 0.3 is 0 Å². The molecule has 4 atom stereocenters. The Hall–Kier alpha value is -1.05. The maximum Gasteiger partial charge on any atom is 0.123 e. The Labute approximate surface area is 117 Å². The smallest absolute Gasteiger partial charge is 0.123 e. The van der Waals surface area contributed by atoms with Gasteiger partial charge in [0, 0.05) is 13.1 Å². The second-order valence-corrected chi connectivity index (χ2v) is 5.16. The molecule has 0 saturated carbocycles. The van der Waals surface area contributed by atoms with Gasteiger partial charge in [0.15, 0.2) is 0 Å². The summed E-state index contributed by atoms with van der Waals surface area (Å²) in [4.78, 5) is 1.88. The van der Waals surface area contributed by atoms with Crippen LogP contribution in [-0.2, 0) is 11.3 Å². The molecule has 0 aromatic heterocycles. The lowest BCUT2D eigenvalue weighted by atomic mass is 10.0. The van der Waals surface area contributed by atoms with Crippen LogP contribution >= 0.6 is 0 Å². The number of hydrogen-bond acceptors (Lipinski definition) is 5. The molecule has 0 bridgehead atoms. The summed E-state index contributed by atoms with van der Waals surface area (Å²) in [6.07, 6.45) is -1.78. The first kappa shape index (κ1) is 15.3. The highest BCUT2D eigenvalue weighted by atomic mass is 19.1. The van der Waals surface area contributed by atoms with E-state index in [4.69, 9.17) is 10.5 Å². The monoisotopic (exact) mass is 284 g/mol. The van der Waals surface area contributed by atoms with Gasteiger partial charge in [0.1, 0.15) is 18.0 Å². The van der Waals surface area contributed by atoms with E-state index in [2.05, 4.69) is 0 Å². The summed E-state index contributed by atoms with van der Waals surface area (Å²) >= 11 is 0. The van der Waals surface area contributed by atoms with Crippen LogP contribution in [0.25, 0.3) is 0 Å². The van der Waals surface area contributed by atoms with Gasteiger partial charge in [-0.3, -0.25) is 4.90 Å². The Bertz CT molecular complexity index is 444. The molecule has 20 heavy (non-hydrogen) atoms. The van der Waals surface area contributed by atoms with E-state index in [-0.39, 0.29) is 31.1 Å². The second-order valence-electron chi connectivity index (χ2n) is 5.16. The fourth-order valence-electron chi connectivity index (χ4n) is 2.74. The van der Waals surface area contributed by atoms with E-state index in [1.54, 1.807) is 6.07 Å². The predicted octanol–water partition coefficient (Wildman–Crippen LogP) is -0.295. The minimum absolute atomic E-state index is 0.248. The van der Waals surface area contributed by atoms with E-state index in [1.807, 2.05) is 18.0 Å². The van der Waals surface area contributed by atoms with E-state index in [0.29, 0.717) is 6.54 Å². The molecule has 4 N–H and O–H groups in total. The van der Waals surface area contributed by atoms with Crippen LogP contribution in [0.4, 0.5) is 4.39 Å². The SMILES string of the molecule is CN(Cc1cccc(F)c1)[C@H]1[C@@H](O)[C@H](CO)O[C@@H]1CN. The second kappa shape index (κ2) is 6.60. The lowest BCUT2D eigenvalue weighted by Crippen LogP contribution is -2.48. The number of halogens is 1. The van der Waals surface area contributed by atoms with Crippen molar-refractivity contribution >= 4 is 0 Å². The van der Waals surface area contributed by atoms with E-state index < -0.39 is 12.2 Å². The summed E-state index contributed by atoms with van der Waals surface area (Å²) in [6.45, 7) is 0.477. The number of benzene rings is 1. The minimum atomic E-state index is -0.813. The summed E-state index contributed by atoms with van der Waals surface area (Å²) in [6, 6.07) is 6.00. The molecular formula is C14H21FN2O3. The zero-order valence-electron chi connectivity index (χ0n) is 11.4. The molecule has 0 radical (unpaired) electrons. The molecule has 1 aromatic carbocycles. The van der Waals surface area contributed by atoms with Crippen molar-refractivity contribution in [2.75, 3.05) is 20.2 Å². The molecule has 1 aliphatic rings. The molecular weight excluding hydrogens is 263 g/mol. The number of hydrogen-bond donors (Lipinski definition) is 3. The van der Waals surface area contributed by atoms with Crippen molar-refractivity contribution in [3.8, 4) is 0 Å². The van der Waals surface area contributed by atoms with Gasteiger partial charge in [0.2, 0.25) is 0 Å². The molecule has 0 unspecified atom stereocenters. The van der Waals surface area contributed by atoms with Gasteiger partial charge < -0.3 is 20.7 Å². The zero-order valence-corrected chi connectivity index (χ0v) is 11.4. The lowest BCUT2D eigenvalue weighted by Gasteiger charge is -2.30. The fourth-order valence-corrected chi connectivity index (χ4v) is 2.74. The van der Waals surface area contributed by atoms with Gasteiger partial charge in [-0.1, -0.05) is 12.1 Å². The van der Waals surface area contributed by atoms with Crippen molar-refractivity contribution < 1.29 is 19.3 Å². The highest BCUT2D eigenvalue weighted by molar-refractivity contribution is 5.16. The summed E-state index contributed by atoms with van der Waals surface area (Å²) < 4.78 is 18.7. The van der Waals surface area contributed by atoms with Crippen molar-refractivity contribution in [3.05, 3.63) is 35.6 Å². The normalized spacial score (nSPS) is 30.1. The van der Waals surface area contributed by atoms with Crippen LogP contribution in [0.5, 0.6) is 0 Å². The third-order valence-corrected chi connectivity index (χ3v) is 3.70. The maximum absolute atomic E-state index is 13.2. The van der Waals surface area contributed by atoms with Crippen molar-refractivity contribution in [1.29, 1.82) is 0 Å². The van der Waals surface area contributed by atoms with Gasteiger partial charge in [0.05, 0.1) is 18.8 Å². The van der Waals surface area contributed by atoms with Gasteiger partial charge in [0.25, 0.3) is 0 Å². The largest absolute Gasteiger partial charge is 0.394 e. The van der Waals surface area contributed by atoms with Crippen molar-refractivity contribution in [1.82, 2.24) is 4.90 Å². The Morgan fingerprint density at radius 3 is 2.75 bits per heavy atom. The summed E-state index contributed by atoms with van der Waals surface area (Å²) in [5.74, 6) is -0.289. The van der Waals surface area contributed by atoms with Crippen molar-refractivity contribution in [2.24, 2.45) is 5.73 Å². The van der Waals surface area contributed by atoms with E-state index in [1.165, 1.54) is 12.1 Å². The van der Waals surface area contributed by atoms with Crippen LogP contribution in [0.1, 0.15) is 5.56 Å². The molecule has 1 aliphatic heterocycles. The molecule has 0 aliphatic carbocycles. The van der Waals surface area contributed by atoms with E-state index in [9.17, 15) is 14.6 Å². The third-order valence-electron chi connectivity index (χ3n) is 3.70. The standard InChI is InChI=1S/C14H21FN2O3/c1-17(7-9-3-2-4-10(15)5-9)13-11(6-16)20-12(8-18)14(13)19/h2-5,11-14,18-19H,6-8,16H2,1H3/t11-,12+,13-,14+/m1/s1. The van der Waals surface area contributed by atoms with E-state index >= 15 is 0 Å². The minimum Gasteiger partial charge on any atom is -0.394 e. The number of nitrogens with zero attached hydrogens (tertiary/aromatic N) is 1. The van der Waals surface area contributed by atoms with Gasteiger partial charge in [-0.05, 0) is 24.7 Å². The number of nitrogens with two attached hydrogens (primary N) is 1. The first-order valence-corrected chi connectivity index (χ1v) is 6.66. The number of aliphatic hydroxyl groups excluding tert-OH is 2. The van der Waals surface area contributed by atoms with Crippen molar-refractivity contribution in [3.63, 3.8) is 0 Å². The lowest BCUT2D eigenvalue weighted by molar-refractivity contribution is -0.0193. The summed E-state index contributed by atoms with van der Waals surface area (Å²) in [5.41, 5.74) is 6.46. The molecule has 1 heterocycles. The van der Waals surface area contributed by atoms with Gasteiger partial charge in [-0.2, -0.15) is 0 Å². The maximum atomic E-state index is 13.2. The van der Waals surface area contributed by atoms with Gasteiger partial charge in [-0.15, -0.1) is 0 Å². The zero-order chi connectivity index (χ0) is 14.7. The molecule has 0 spiro atoms. The molecule has 0 amide bonds. The quantitative estimate of drug-likeness (QED) is 0.692. The molecule has 1 aromatic rings. The van der Waals surface area contributed by atoms with Gasteiger partial charge in [-0.25, -0.2) is 4.39 Å². The predicted molar refractivity (Wildman–Crippen MR) is 72.5 cm³/mol. The van der Waals surface area contributed by atoms with Crippen LogP contribution in [0.2, 0.25) is 0 Å². The molecule has 1 fully saturated rings. The average Bonchev–Trinajstić information content (AvgIpc) is 2.75. The van der Waals surface area contributed by atoms with Crippen molar-refractivity contribution in [2.45, 2.75) is 30.9 Å². The number of rotatable bonds is 5. The number of likely N-dealkylation sites (N-methyl/N-ethyl adjacent to an activating group) is 1. The highest BCUT2D eigenvalue weighted by Crippen LogP contribution is 2.25. The van der Waals surface area contributed by atoms with Crippen LogP contribution in [-0.4, -0.2) is 59.7 Å². The number of aliphatic hydroxyl groups is 2. The average molecular weight is 284 g/mol. The fraction of sp³-hybridized carbons (Fsp3) is 0.571. The number of ether oxygens (including phenoxy) is 1. The molecule has 1 saturated heterocycles.